The first kappa shape index (κ1) is 16.5. The maximum absolute atomic E-state index is 13.1. The zero-order valence-corrected chi connectivity index (χ0v) is 14.5. The predicted molar refractivity (Wildman–Crippen MR) is 96.9 cm³/mol. The van der Waals surface area contributed by atoms with Crippen molar-refractivity contribution in [3.63, 3.8) is 0 Å². The largest absolute Gasteiger partial charge is 0.618 e. The molecule has 0 aliphatic carbocycles. The fourth-order valence-corrected chi connectivity index (χ4v) is 3.09. The average Bonchev–Trinajstić information content (AvgIpc) is 2.56. The predicted octanol–water partition coefficient (Wildman–Crippen LogP) is 3.93. The van der Waals surface area contributed by atoms with E-state index >= 15 is 0 Å². The SMILES string of the molecule is CCCCc1c(=O)n(-c2ccccc2C)c2cc(Cl)ccc2[n+]1[O-]. The molecule has 0 fully saturated rings. The van der Waals surface area contributed by atoms with Crippen LogP contribution in [0.4, 0.5) is 0 Å². The first-order valence-corrected chi connectivity index (χ1v) is 8.45. The minimum atomic E-state index is -0.275. The highest BCUT2D eigenvalue weighted by Gasteiger charge is 2.22. The molecule has 0 bridgehead atoms. The molecule has 0 radical (unpaired) electrons. The molecule has 3 rings (SSSR count). The summed E-state index contributed by atoms with van der Waals surface area (Å²) in [7, 11) is 0. The summed E-state index contributed by atoms with van der Waals surface area (Å²) in [6, 6.07) is 12.7. The van der Waals surface area contributed by atoms with Gasteiger partial charge >= 0.3 is 5.56 Å². The minimum absolute atomic E-state index is 0.273. The molecule has 24 heavy (non-hydrogen) atoms. The quantitative estimate of drug-likeness (QED) is 0.533. The Hall–Kier alpha value is -2.33. The van der Waals surface area contributed by atoms with Crippen LogP contribution in [0.2, 0.25) is 5.02 Å². The van der Waals surface area contributed by atoms with Gasteiger partial charge in [-0.15, -0.1) is 0 Å². The van der Waals surface area contributed by atoms with Gasteiger partial charge in [0.05, 0.1) is 5.69 Å². The summed E-state index contributed by atoms with van der Waals surface area (Å²) in [5.74, 6) is 0. The topological polar surface area (TPSA) is 48.9 Å². The normalized spacial score (nSPS) is 11.1. The van der Waals surface area contributed by atoms with Crippen LogP contribution >= 0.6 is 11.6 Å². The van der Waals surface area contributed by atoms with Gasteiger partial charge in [-0.3, -0.25) is 9.36 Å². The van der Waals surface area contributed by atoms with Crippen LogP contribution in [0, 0.1) is 12.1 Å². The zero-order valence-electron chi connectivity index (χ0n) is 13.8. The summed E-state index contributed by atoms with van der Waals surface area (Å²) >= 11 is 6.12. The Kier molecular flexibility index (Phi) is 4.58. The maximum Gasteiger partial charge on any atom is 0.324 e. The Bertz CT molecular complexity index is 963. The summed E-state index contributed by atoms with van der Waals surface area (Å²) in [5, 5.41) is 13.2. The van der Waals surface area contributed by atoms with Crippen molar-refractivity contribution in [2.45, 2.75) is 33.1 Å². The van der Waals surface area contributed by atoms with Gasteiger partial charge < -0.3 is 5.21 Å². The molecule has 0 N–H and O–H groups in total. The Morgan fingerprint density at radius 1 is 1.21 bits per heavy atom. The van der Waals surface area contributed by atoms with Crippen LogP contribution in [0.5, 0.6) is 0 Å². The van der Waals surface area contributed by atoms with Crippen molar-refractivity contribution < 1.29 is 4.73 Å². The Morgan fingerprint density at radius 3 is 2.67 bits per heavy atom. The number of aromatic nitrogens is 2. The first-order chi connectivity index (χ1) is 11.5. The van der Waals surface area contributed by atoms with Crippen molar-refractivity contribution in [1.82, 2.24) is 4.57 Å². The number of rotatable bonds is 4. The van der Waals surface area contributed by atoms with Crippen molar-refractivity contribution in [1.29, 1.82) is 0 Å². The summed E-state index contributed by atoms with van der Waals surface area (Å²) in [4.78, 5) is 13.1. The van der Waals surface area contributed by atoms with Crippen molar-refractivity contribution in [2.75, 3.05) is 0 Å². The van der Waals surface area contributed by atoms with E-state index in [9.17, 15) is 10.0 Å². The molecule has 4 nitrogen and oxygen atoms in total. The van der Waals surface area contributed by atoms with Gasteiger partial charge in [0.2, 0.25) is 5.52 Å². The number of halogens is 1. The third-order valence-electron chi connectivity index (χ3n) is 4.22. The van der Waals surface area contributed by atoms with Crippen LogP contribution in [0.15, 0.2) is 47.3 Å². The number of fused-ring (bicyclic) bond motifs is 1. The summed E-state index contributed by atoms with van der Waals surface area (Å²) in [6.07, 6.45) is 2.18. The van der Waals surface area contributed by atoms with Gasteiger partial charge in [-0.1, -0.05) is 43.1 Å². The molecule has 3 aromatic rings. The molecule has 2 aromatic carbocycles. The molecular formula is C19H19ClN2O2. The highest BCUT2D eigenvalue weighted by Crippen LogP contribution is 2.21. The fourth-order valence-electron chi connectivity index (χ4n) is 2.92. The standard InChI is InChI=1S/C19H19ClN2O2/c1-3-4-8-17-19(23)21(15-9-6-5-7-13(15)2)18-12-14(20)10-11-16(18)22(17)24/h5-7,9-12H,3-4,8H2,1-2H3. The highest BCUT2D eigenvalue weighted by molar-refractivity contribution is 6.31. The van der Waals surface area contributed by atoms with Crippen LogP contribution in [-0.4, -0.2) is 4.57 Å². The van der Waals surface area contributed by atoms with E-state index in [2.05, 4.69) is 0 Å². The number of nitrogens with zero attached hydrogens (tertiary/aromatic N) is 2. The lowest BCUT2D eigenvalue weighted by Crippen LogP contribution is -2.43. The van der Waals surface area contributed by atoms with Gasteiger partial charge in [0.1, 0.15) is 5.52 Å². The van der Waals surface area contributed by atoms with Crippen LogP contribution < -0.4 is 10.3 Å². The lowest BCUT2D eigenvalue weighted by molar-refractivity contribution is -0.587. The van der Waals surface area contributed by atoms with E-state index in [1.165, 1.54) is 0 Å². The summed E-state index contributed by atoms with van der Waals surface area (Å²) < 4.78 is 2.37. The zero-order chi connectivity index (χ0) is 17.3. The third kappa shape index (κ3) is 2.78. The molecule has 5 heteroatoms. The van der Waals surface area contributed by atoms with E-state index in [1.807, 2.05) is 38.1 Å². The van der Waals surface area contributed by atoms with E-state index in [1.54, 1.807) is 22.8 Å². The molecule has 0 amide bonds. The van der Waals surface area contributed by atoms with E-state index in [4.69, 9.17) is 11.6 Å². The van der Waals surface area contributed by atoms with Crippen molar-refractivity contribution in [2.24, 2.45) is 0 Å². The van der Waals surface area contributed by atoms with Gasteiger partial charge in [-0.25, -0.2) is 0 Å². The summed E-state index contributed by atoms with van der Waals surface area (Å²) in [6.45, 7) is 3.98. The van der Waals surface area contributed by atoms with Crippen LogP contribution in [0.25, 0.3) is 16.7 Å². The second-order valence-electron chi connectivity index (χ2n) is 5.90. The smallest absolute Gasteiger partial charge is 0.324 e. The monoisotopic (exact) mass is 342 g/mol. The lowest BCUT2D eigenvalue weighted by Gasteiger charge is -2.15. The summed E-state index contributed by atoms with van der Waals surface area (Å²) in [5.41, 5.74) is 2.71. The Labute approximate surface area is 145 Å². The molecule has 1 aromatic heterocycles. The molecule has 0 saturated carbocycles. The van der Waals surface area contributed by atoms with E-state index < -0.39 is 0 Å². The number of aryl methyl sites for hydroxylation is 1. The van der Waals surface area contributed by atoms with Crippen molar-refractivity contribution in [3.8, 4) is 5.69 Å². The Balaban J connectivity index is 2.44. The second kappa shape index (κ2) is 6.65. The van der Waals surface area contributed by atoms with Crippen LogP contribution in [0.3, 0.4) is 0 Å². The van der Waals surface area contributed by atoms with E-state index in [-0.39, 0.29) is 11.3 Å². The number of unbranched alkanes of at least 4 members (excludes halogenated alkanes) is 1. The lowest BCUT2D eigenvalue weighted by atomic mass is 10.1. The van der Waals surface area contributed by atoms with Gasteiger partial charge in [0, 0.05) is 17.5 Å². The Morgan fingerprint density at radius 2 is 1.96 bits per heavy atom. The van der Waals surface area contributed by atoms with E-state index in [0.717, 1.165) is 28.8 Å². The molecule has 1 heterocycles. The number of hydrogen-bond donors (Lipinski definition) is 0. The molecule has 0 unspecified atom stereocenters. The van der Waals surface area contributed by atoms with Crippen LogP contribution in [0.1, 0.15) is 31.0 Å². The minimum Gasteiger partial charge on any atom is -0.618 e. The molecule has 0 spiro atoms. The molecule has 0 saturated heterocycles. The number of hydrogen-bond acceptors (Lipinski definition) is 2. The average molecular weight is 343 g/mol. The third-order valence-corrected chi connectivity index (χ3v) is 4.45. The highest BCUT2D eigenvalue weighted by atomic mass is 35.5. The van der Waals surface area contributed by atoms with Crippen LogP contribution in [-0.2, 0) is 6.42 Å². The molecule has 0 aliphatic rings. The molecule has 124 valence electrons. The van der Waals surface area contributed by atoms with Gasteiger partial charge in [-0.05, 0) is 37.1 Å². The fraction of sp³-hybridized carbons (Fsp3) is 0.263. The van der Waals surface area contributed by atoms with Crippen molar-refractivity contribution >= 4 is 22.6 Å². The first-order valence-electron chi connectivity index (χ1n) is 8.07. The number of benzene rings is 2. The maximum atomic E-state index is 13.1. The molecule has 0 atom stereocenters. The van der Waals surface area contributed by atoms with Gasteiger partial charge in [0.25, 0.3) is 5.69 Å². The van der Waals surface area contributed by atoms with Crippen molar-refractivity contribution in [3.05, 3.63) is 74.3 Å². The van der Waals surface area contributed by atoms with E-state index in [0.29, 0.717) is 22.5 Å². The van der Waals surface area contributed by atoms with Gasteiger partial charge in [0.15, 0.2) is 0 Å². The van der Waals surface area contributed by atoms with Gasteiger partial charge in [-0.2, -0.15) is 4.73 Å². The second-order valence-corrected chi connectivity index (χ2v) is 6.34. The molecular weight excluding hydrogens is 324 g/mol. The molecule has 0 aliphatic heterocycles. The number of para-hydroxylation sites is 1.